The van der Waals surface area contributed by atoms with E-state index in [-0.39, 0.29) is 5.82 Å². The lowest BCUT2D eigenvalue weighted by Gasteiger charge is -2.03. The zero-order chi connectivity index (χ0) is 14.4. The minimum absolute atomic E-state index is 0.365. The summed E-state index contributed by atoms with van der Waals surface area (Å²) in [4.78, 5) is 4.01. The van der Waals surface area contributed by atoms with Gasteiger partial charge < -0.3 is 9.47 Å². The topological polar surface area (TPSA) is 49.2 Å². The van der Waals surface area contributed by atoms with Crippen molar-refractivity contribution in [1.82, 2.24) is 14.8 Å². The van der Waals surface area contributed by atoms with Crippen molar-refractivity contribution in [2.75, 3.05) is 26.9 Å². The molecule has 0 spiro atoms. The van der Waals surface area contributed by atoms with Gasteiger partial charge in [-0.2, -0.15) is 5.10 Å². The summed E-state index contributed by atoms with van der Waals surface area (Å²) in [6.07, 6.45) is 3.02. The third kappa shape index (κ3) is 4.09. The molecule has 0 radical (unpaired) electrons. The molecule has 0 atom stereocenters. The summed E-state index contributed by atoms with van der Waals surface area (Å²) < 4.78 is 25.7. The molecule has 0 bridgehead atoms. The summed E-state index contributed by atoms with van der Waals surface area (Å²) in [5.74, 6) is -0.365. The van der Waals surface area contributed by atoms with E-state index >= 15 is 0 Å². The molecule has 2 aromatic rings. The number of nitrogens with zero attached hydrogens (tertiary/aromatic N) is 3. The van der Waals surface area contributed by atoms with E-state index < -0.39 is 0 Å². The van der Waals surface area contributed by atoms with Crippen LogP contribution in [0.15, 0.2) is 29.0 Å². The Hall–Kier alpha value is -1.31. The average molecular weight is 344 g/mol. The van der Waals surface area contributed by atoms with Crippen LogP contribution in [0.1, 0.15) is 0 Å². The van der Waals surface area contributed by atoms with Gasteiger partial charge in [-0.1, -0.05) is 0 Å². The van der Waals surface area contributed by atoms with Crippen LogP contribution in [-0.4, -0.2) is 41.7 Å². The van der Waals surface area contributed by atoms with Gasteiger partial charge >= 0.3 is 0 Å². The van der Waals surface area contributed by atoms with Gasteiger partial charge in [-0.3, -0.25) is 9.67 Å². The summed E-state index contributed by atoms with van der Waals surface area (Å²) in [5.41, 5.74) is 1.30. The van der Waals surface area contributed by atoms with Crippen LogP contribution < -0.4 is 0 Å². The SMILES string of the molecule is COCCOCCn1cc(Br)c(-c2ccc(F)cn2)n1. The number of ether oxygens (including phenoxy) is 2. The highest BCUT2D eigenvalue weighted by atomic mass is 79.9. The fourth-order valence-corrected chi connectivity index (χ4v) is 2.12. The molecule has 2 rings (SSSR count). The minimum Gasteiger partial charge on any atom is -0.382 e. The van der Waals surface area contributed by atoms with E-state index in [1.54, 1.807) is 17.9 Å². The number of hydrogen-bond acceptors (Lipinski definition) is 4. The third-order valence-electron chi connectivity index (χ3n) is 2.58. The third-order valence-corrected chi connectivity index (χ3v) is 3.16. The van der Waals surface area contributed by atoms with Crippen molar-refractivity contribution < 1.29 is 13.9 Å². The molecule has 0 aliphatic heterocycles. The lowest BCUT2D eigenvalue weighted by atomic mass is 10.3. The number of rotatable bonds is 7. The van der Waals surface area contributed by atoms with Gasteiger partial charge in [0.25, 0.3) is 0 Å². The van der Waals surface area contributed by atoms with Gasteiger partial charge in [0.05, 0.1) is 42.7 Å². The quantitative estimate of drug-likeness (QED) is 0.725. The van der Waals surface area contributed by atoms with E-state index in [1.165, 1.54) is 12.3 Å². The predicted octanol–water partition coefficient (Wildman–Crippen LogP) is 2.51. The van der Waals surface area contributed by atoms with Crippen LogP contribution in [0.2, 0.25) is 0 Å². The van der Waals surface area contributed by atoms with Gasteiger partial charge in [-0.15, -0.1) is 0 Å². The molecule has 2 aromatic heterocycles. The van der Waals surface area contributed by atoms with Crippen LogP contribution in [-0.2, 0) is 16.0 Å². The maximum absolute atomic E-state index is 12.8. The van der Waals surface area contributed by atoms with Crippen molar-refractivity contribution >= 4 is 15.9 Å². The normalized spacial score (nSPS) is 10.9. The predicted molar refractivity (Wildman–Crippen MR) is 75.8 cm³/mol. The second kappa shape index (κ2) is 7.47. The first-order valence-corrected chi connectivity index (χ1v) is 6.91. The van der Waals surface area contributed by atoms with Crippen molar-refractivity contribution in [2.45, 2.75) is 6.54 Å². The van der Waals surface area contributed by atoms with Crippen molar-refractivity contribution in [3.63, 3.8) is 0 Å². The molecule has 20 heavy (non-hydrogen) atoms. The molecule has 0 amide bonds. The second-order valence-electron chi connectivity index (χ2n) is 4.06. The summed E-state index contributed by atoms with van der Waals surface area (Å²) in [6.45, 7) is 2.32. The maximum atomic E-state index is 12.8. The highest BCUT2D eigenvalue weighted by Crippen LogP contribution is 2.24. The molecule has 7 heteroatoms. The Morgan fingerprint density at radius 2 is 2.15 bits per heavy atom. The van der Waals surface area contributed by atoms with Crippen LogP contribution in [0.5, 0.6) is 0 Å². The van der Waals surface area contributed by atoms with Crippen LogP contribution in [0.3, 0.4) is 0 Å². The fourth-order valence-electron chi connectivity index (χ4n) is 1.60. The maximum Gasteiger partial charge on any atom is 0.141 e. The molecular formula is C13H15BrFN3O2. The molecule has 0 aliphatic carbocycles. The highest BCUT2D eigenvalue weighted by Gasteiger charge is 2.10. The van der Waals surface area contributed by atoms with E-state index in [1.807, 2.05) is 6.20 Å². The first-order chi connectivity index (χ1) is 9.70. The fraction of sp³-hybridized carbons (Fsp3) is 0.385. The average Bonchev–Trinajstić information content (AvgIpc) is 2.81. The zero-order valence-electron chi connectivity index (χ0n) is 11.1. The molecule has 0 N–H and O–H groups in total. The Kier molecular flexibility index (Phi) is 5.63. The number of pyridine rings is 1. The Labute approximate surface area is 124 Å². The number of hydrogen-bond donors (Lipinski definition) is 0. The molecule has 2 heterocycles. The van der Waals surface area contributed by atoms with Gasteiger partial charge in [-0.25, -0.2) is 4.39 Å². The number of methoxy groups -OCH3 is 1. The number of halogens is 2. The molecule has 5 nitrogen and oxygen atoms in total. The van der Waals surface area contributed by atoms with E-state index in [4.69, 9.17) is 9.47 Å². The van der Waals surface area contributed by atoms with E-state index in [0.717, 1.165) is 4.47 Å². The van der Waals surface area contributed by atoms with Crippen molar-refractivity contribution in [3.05, 3.63) is 34.8 Å². The summed E-state index contributed by atoms with van der Waals surface area (Å²) in [7, 11) is 1.63. The van der Waals surface area contributed by atoms with Crippen LogP contribution in [0.4, 0.5) is 4.39 Å². The lowest BCUT2D eigenvalue weighted by molar-refractivity contribution is 0.0654. The van der Waals surface area contributed by atoms with Crippen molar-refractivity contribution in [2.24, 2.45) is 0 Å². The van der Waals surface area contributed by atoms with Gasteiger partial charge in [0.2, 0.25) is 0 Å². The smallest absolute Gasteiger partial charge is 0.141 e. The van der Waals surface area contributed by atoms with Gasteiger partial charge in [0, 0.05) is 13.3 Å². The molecule has 0 unspecified atom stereocenters. The minimum atomic E-state index is -0.365. The number of aromatic nitrogens is 3. The van der Waals surface area contributed by atoms with Crippen LogP contribution in [0.25, 0.3) is 11.4 Å². The molecule has 0 saturated carbocycles. The highest BCUT2D eigenvalue weighted by molar-refractivity contribution is 9.10. The Morgan fingerprint density at radius 3 is 2.85 bits per heavy atom. The Balaban J connectivity index is 1.97. The van der Waals surface area contributed by atoms with Gasteiger partial charge in [-0.05, 0) is 28.1 Å². The summed E-state index contributed by atoms with van der Waals surface area (Å²) in [6, 6.07) is 2.96. The Bertz CT molecular complexity index is 545. The lowest BCUT2D eigenvalue weighted by Crippen LogP contribution is -2.09. The van der Waals surface area contributed by atoms with Crippen molar-refractivity contribution in [3.8, 4) is 11.4 Å². The van der Waals surface area contributed by atoms with Gasteiger partial charge in [0.1, 0.15) is 11.5 Å². The molecule has 0 aliphatic rings. The van der Waals surface area contributed by atoms with Crippen LogP contribution in [0, 0.1) is 5.82 Å². The van der Waals surface area contributed by atoms with Crippen LogP contribution >= 0.6 is 15.9 Å². The standard InChI is InChI=1S/C13H15BrFN3O2/c1-19-6-7-20-5-4-18-9-11(14)13(17-18)12-3-2-10(15)8-16-12/h2-3,8-9H,4-7H2,1H3. The molecular weight excluding hydrogens is 329 g/mol. The van der Waals surface area contributed by atoms with Gasteiger partial charge in [0.15, 0.2) is 0 Å². The van der Waals surface area contributed by atoms with Crippen molar-refractivity contribution in [1.29, 1.82) is 0 Å². The second-order valence-corrected chi connectivity index (χ2v) is 4.91. The largest absolute Gasteiger partial charge is 0.382 e. The molecule has 0 fully saturated rings. The molecule has 108 valence electrons. The zero-order valence-corrected chi connectivity index (χ0v) is 12.6. The summed E-state index contributed by atoms with van der Waals surface area (Å²) in [5, 5.41) is 4.40. The first-order valence-electron chi connectivity index (χ1n) is 6.12. The molecule has 0 aromatic carbocycles. The molecule has 0 saturated heterocycles. The summed E-state index contributed by atoms with van der Waals surface area (Å²) >= 11 is 3.43. The monoisotopic (exact) mass is 343 g/mol. The van der Waals surface area contributed by atoms with E-state index in [0.29, 0.717) is 37.8 Å². The van der Waals surface area contributed by atoms with E-state index in [2.05, 4.69) is 26.0 Å². The van der Waals surface area contributed by atoms with E-state index in [9.17, 15) is 4.39 Å². The Morgan fingerprint density at radius 1 is 1.30 bits per heavy atom. The first kappa shape index (κ1) is 15.1.